The molecule has 0 aromatic heterocycles. The van der Waals surface area contributed by atoms with E-state index in [2.05, 4.69) is 0 Å². The Morgan fingerprint density at radius 1 is 1.08 bits per heavy atom. The van der Waals surface area contributed by atoms with Crippen LogP contribution in [-0.2, 0) is 21.1 Å². The van der Waals surface area contributed by atoms with Crippen LogP contribution in [0.5, 0.6) is 0 Å². The number of hydrogen-bond donors (Lipinski definition) is 0. The molecule has 0 spiro atoms. The second-order valence-corrected chi connectivity index (χ2v) is 8.39. The smallest absolute Gasteiger partial charge is 0.227 e. The van der Waals surface area contributed by atoms with Crippen molar-refractivity contribution < 1.29 is 17.6 Å². The molecule has 7 heteroatoms. The van der Waals surface area contributed by atoms with Gasteiger partial charge in [0.15, 0.2) is 9.84 Å². The van der Waals surface area contributed by atoms with E-state index in [-0.39, 0.29) is 36.1 Å². The maximum Gasteiger partial charge on any atom is 0.227 e. The summed E-state index contributed by atoms with van der Waals surface area (Å²) >= 11 is 5.77. The fourth-order valence-corrected chi connectivity index (χ4v) is 4.32. The third-order valence-corrected chi connectivity index (χ3v) is 6.41. The van der Waals surface area contributed by atoms with Gasteiger partial charge >= 0.3 is 0 Å². The van der Waals surface area contributed by atoms with Crippen molar-refractivity contribution in [3.8, 4) is 0 Å². The third kappa shape index (κ3) is 3.44. The quantitative estimate of drug-likeness (QED) is 0.835. The highest BCUT2D eigenvalue weighted by Crippen LogP contribution is 2.25. The van der Waals surface area contributed by atoms with E-state index in [1.54, 1.807) is 12.1 Å². The van der Waals surface area contributed by atoms with Crippen LogP contribution in [0.25, 0.3) is 0 Å². The first kappa shape index (κ1) is 16.9. The van der Waals surface area contributed by atoms with E-state index in [0.29, 0.717) is 10.6 Å². The van der Waals surface area contributed by atoms with Gasteiger partial charge < -0.3 is 4.90 Å². The molecule has 0 atom stereocenters. The first-order valence-electron chi connectivity index (χ1n) is 7.38. The molecule has 1 amide bonds. The Morgan fingerprint density at radius 3 is 2.25 bits per heavy atom. The predicted molar refractivity (Wildman–Crippen MR) is 89.1 cm³/mol. The highest BCUT2D eigenvalue weighted by Gasteiger charge is 2.40. The summed E-state index contributed by atoms with van der Waals surface area (Å²) < 4.78 is 37.8. The summed E-state index contributed by atoms with van der Waals surface area (Å²) in [4.78, 5) is 13.9. The maximum absolute atomic E-state index is 12.9. The second-order valence-electron chi connectivity index (χ2n) is 5.72. The molecule has 2 aromatic rings. The highest BCUT2D eigenvalue weighted by molar-refractivity contribution is 7.92. The van der Waals surface area contributed by atoms with Crippen molar-refractivity contribution in [2.24, 2.45) is 0 Å². The van der Waals surface area contributed by atoms with Crippen LogP contribution in [0.1, 0.15) is 5.56 Å². The van der Waals surface area contributed by atoms with Crippen LogP contribution in [-0.4, -0.2) is 37.6 Å². The number of hydrogen-bond acceptors (Lipinski definition) is 3. The van der Waals surface area contributed by atoms with Gasteiger partial charge in [0.1, 0.15) is 11.1 Å². The largest absolute Gasteiger partial charge is 0.340 e. The summed E-state index contributed by atoms with van der Waals surface area (Å²) in [5.74, 6) is -0.520. The van der Waals surface area contributed by atoms with Crippen molar-refractivity contribution >= 4 is 27.3 Å². The summed E-state index contributed by atoms with van der Waals surface area (Å²) in [6.07, 6.45) is 0.133. The molecule has 4 nitrogen and oxygen atoms in total. The molecule has 0 saturated carbocycles. The number of nitrogens with zero attached hydrogens (tertiary/aromatic N) is 1. The van der Waals surface area contributed by atoms with E-state index in [1.165, 1.54) is 41.3 Å². The molecule has 1 saturated heterocycles. The molecular weight excluding hydrogens is 353 g/mol. The average Bonchev–Trinajstić information content (AvgIpc) is 2.48. The molecule has 0 bridgehead atoms. The van der Waals surface area contributed by atoms with Gasteiger partial charge in [0, 0.05) is 18.1 Å². The molecule has 0 unspecified atom stereocenters. The van der Waals surface area contributed by atoms with Gasteiger partial charge in [-0.2, -0.15) is 0 Å². The van der Waals surface area contributed by atoms with E-state index in [1.807, 2.05) is 0 Å². The van der Waals surface area contributed by atoms with Crippen LogP contribution in [0.15, 0.2) is 53.4 Å². The van der Waals surface area contributed by atoms with E-state index >= 15 is 0 Å². The summed E-state index contributed by atoms with van der Waals surface area (Å²) in [5, 5.41) is -0.130. The van der Waals surface area contributed by atoms with Gasteiger partial charge in [0.2, 0.25) is 5.91 Å². The number of carbonyl (C=O) groups is 1. The van der Waals surface area contributed by atoms with Gasteiger partial charge in [0.25, 0.3) is 0 Å². The van der Waals surface area contributed by atoms with Crippen LogP contribution >= 0.6 is 11.6 Å². The molecule has 24 heavy (non-hydrogen) atoms. The summed E-state index contributed by atoms with van der Waals surface area (Å²) in [6.45, 7) is 0.343. The normalized spacial score (nSPS) is 15.2. The standard InChI is InChI=1S/C17H15ClFNO3S/c18-13-3-7-15(8-4-13)24(22,23)16-10-20(11-16)17(21)9-12-1-5-14(19)6-2-12/h1-8,16H,9-11H2. The van der Waals surface area contributed by atoms with Gasteiger partial charge in [0.05, 0.1) is 11.3 Å². The molecule has 1 fully saturated rings. The van der Waals surface area contributed by atoms with E-state index in [4.69, 9.17) is 11.6 Å². The fourth-order valence-electron chi connectivity index (χ4n) is 2.54. The summed E-state index contributed by atoms with van der Waals surface area (Å²) in [7, 11) is -3.47. The number of halogens is 2. The molecule has 0 aliphatic carbocycles. The van der Waals surface area contributed by atoms with Gasteiger partial charge in [-0.15, -0.1) is 0 Å². The minimum Gasteiger partial charge on any atom is -0.340 e. The van der Waals surface area contributed by atoms with Crippen LogP contribution in [0.2, 0.25) is 5.02 Å². The van der Waals surface area contributed by atoms with Crippen molar-refractivity contribution in [1.82, 2.24) is 4.90 Å². The molecular formula is C17H15ClFNO3S. The van der Waals surface area contributed by atoms with Gasteiger partial charge in [-0.05, 0) is 42.0 Å². The molecule has 0 N–H and O–H groups in total. The van der Waals surface area contributed by atoms with Crippen molar-refractivity contribution in [2.75, 3.05) is 13.1 Å². The number of likely N-dealkylation sites (tertiary alicyclic amines) is 1. The Hall–Kier alpha value is -1.92. The van der Waals surface area contributed by atoms with Crippen molar-refractivity contribution in [2.45, 2.75) is 16.6 Å². The molecule has 1 aliphatic rings. The van der Waals surface area contributed by atoms with E-state index in [0.717, 1.165) is 0 Å². The van der Waals surface area contributed by atoms with Gasteiger partial charge in [-0.25, -0.2) is 12.8 Å². The average molecular weight is 368 g/mol. The molecule has 1 heterocycles. The first-order chi connectivity index (χ1) is 11.4. The van der Waals surface area contributed by atoms with E-state index < -0.39 is 15.1 Å². The topological polar surface area (TPSA) is 54.5 Å². The number of carbonyl (C=O) groups excluding carboxylic acids is 1. The molecule has 0 radical (unpaired) electrons. The zero-order valence-corrected chi connectivity index (χ0v) is 14.2. The predicted octanol–water partition coefficient (Wildman–Crippen LogP) is 2.71. The lowest BCUT2D eigenvalue weighted by Crippen LogP contribution is -2.57. The molecule has 126 valence electrons. The Kier molecular flexibility index (Phi) is 4.60. The Morgan fingerprint density at radius 2 is 1.67 bits per heavy atom. The fraction of sp³-hybridized carbons (Fsp3) is 0.235. The highest BCUT2D eigenvalue weighted by atomic mass is 35.5. The number of amides is 1. The molecule has 1 aliphatic heterocycles. The number of rotatable bonds is 4. The SMILES string of the molecule is O=C(Cc1ccc(F)cc1)N1CC(S(=O)(=O)c2ccc(Cl)cc2)C1. The minimum absolute atomic E-state index is 0.133. The van der Waals surface area contributed by atoms with Crippen LogP contribution in [0.3, 0.4) is 0 Å². The van der Waals surface area contributed by atoms with Crippen molar-refractivity contribution in [3.05, 3.63) is 64.9 Å². The third-order valence-electron chi connectivity index (χ3n) is 4.05. The van der Waals surface area contributed by atoms with Crippen molar-refractivity contribution in [1.29, 1.82) is 0 Å². The van der Waals surface area contributed by atoms with Crippen molar-refractivity contribution in [3.63, 3.8) is 0 Å². The van der Waals surface area contributed by atoms with Crippen LogP contribution in [0, 0.1) is 5.82 Å². The minimum atomic E-state index is -3.47. The first-order valence-corrected chi connectivity index (χ1v) is 9.30. The summed E-state index contributed by atoms with van der Waals surface area (Å²) in [6, 6.07) is 11.7. The molecule has 3 rings (SSSR count). The second kappa shape index (κ2) is 6.53. The Bertz CT molecular complexity index is 844. The maximum atomic E-state index is 12.9. The van der Waals surface area contributed by atoms with Crippen LogP contribution in [0.4, 0.5) is 4.39 Å². The molecule has 2 aromatic carbocycles. The lowest BCUT2D eigenvalue weighted by molar-refractivity contribution is -0.133. The Balaban J connectivity index is 1.61. The lowest BCUT2D eigenvalue weighted by Gasteiger charge is -2.38. The van der Waals surface area contributed by atoms with Crippen LogP contribution < -0.4 is 0 Å². The Labute approximate surface area is 144 Å². The number of sulfone groups is 1. The lowest BCUT2D eigenvalue weighted by atomic mass is 10.1. The zero-order chi connectivity index (χ0) is 17.3. The summed E-state index contributed by atoms with van der Waals surface area (Å²) in [5.41, 5.74) is 0.699. The van der Waals surface area contributed by atoms with E-state index in [9.17, 15) is 17.6 Å². The van der Waals surface area contributed by atoms with Gasteiger partial charge in [-0.3, -0.25) is 4.79 Å². The monoisotopic (exact) mass is 367 g/mol. The van der Waals surface area contributed by atoms with Gasteiger partial charge in [-0.1, -0.05) is 23.7 Å². The number of benzene rings is 2. The zero-order valence-electron chi connectivity index (χ0n) is 12.7.